The highest BCUT2D eigenvalue weighted by atomic mass is 16.6. The van der Waals surface area contributed by atoms with Crippen LogP contribution in [0.15, 0.2) is 0 Å². The van der Waals surface area contributed by atoms with Crippen molar-refractivity contribution in [2.45, 2.75) is 51.9 Å². The lowest BCUT2D eigenvalue weighted by Gasteiger charge is -2.33. The summed E-state index contributed by atoms with van der Waals surface area (Å²) in [5.74, 6) is 0. The van der Waals surface area contributed by atoms with Crippen LogP contribution in [0, 0.1) is 0 Å². The number of nitrogens with zero attached hydrogens (tertiary/aromatic N) is 2. The Bertz CT molecular complexity index is 171. The van der Waals surface area contributed by atoms with Gasteiger partial charge < -0.3 is 10.4 Å². The molecule has 1 rings (SSSR count). The average Bonchev–Trinajstić information content (AvgIpc) is 2.06. The second kappa shape index (κ2) is 2.42. The Morgan fingerprint density at radius 1 is 1.08 bits per heavy atom. The molecule has 4 heteroatoms. The predicted molar refractivity (Wildman–Crippen MR) is 44.9 cm³/mol. The van der Waals surface area contributed by atoms with E-state index in [1.54, 1.807) is 13.8 Å². The molecule has 0 unspecified atom stereocenters. The van der Waals surface area contributed by atoms with Crippen LogP contribution in [-0.2, 0) is 0 Å². The zero-order chi connectivity index (χ0) is 9.73. The Morgan fingerprint density at radius 2 is 1.50 bits per heavy atom. The molecule has 1 atom stereocenters. The normalized spacial score (nSPS) is 35.8. The monoisotopic (exact) mass is 174 g/mol. The van der Waals surface area contributed by atoms with E-state index in [0.717, 1.165) is 0 Å². The van der Waals surface area contributed by atoms with Crippen LogP contribution >= 0.6 is 0 Å². The summed E-state index contributed by atoms with van der Waals surface area (Å²) < 4.78 is 0. The van der Waals surface area contributed by atoms with E-state index < -0.39 is 11.2 Å². The van der Waals surface area contributed by atoms with Crippen LogP contribution in [-0.4, -0.2) is 37.8 Å². The number of hydrogen-bond acceptors (Lipinski definition) is 4. The smallest absolute Gasteiger partial charge is 0.116 e. The van der Waals surface area contributed by atoms with Crippen LogP contribution < -0.4 is 0 Å². The highest BCUT2D eigenvalue weighted by molar-refractivity contribution is 5.00. The molecule has 0 aromatic rings. The minimum absolute atomic E-state index is 0.0856. The van der Waals surface area contributed by atoms with Gasteiger partial charge in [0.05, 0.1) is 11.6 Å². The lowest BCUT2D eigenvalue weighted by Crippen LogP contribution is -2.49. The van der Waals surface area contributed by atoms with Crippen molar-refractivity contribution in [1.29, 1.82) is 0 Å². The summed E-state index contributed by atoms with van der Waals surface area (Å²) in [5, 5.41) is 21.8. The van der Waals surface area contributed by atoms with E-state index in [0.29, 0.717) is 0 Å². The van der Waals surface area contributed by atoms with E-state index in [9.17, 15) is 10.4 Å². The van der Waals surface area contributed by atoms with Gasteiger partial charge in [0.1, 0.15) is 5.66 Å². The second-order valence-corrected chi connectivity index (χ2v) is 4.48. The fourth-order valence-electron chi connectivity index (χ4n) is 1.75. The molecule has 0 aromatic heterocycles. The summed E-state index contributed by atoms with van der Waals surface area (Å²) >= 11 is 0. The number of hydrogen-bond donors (Lipinski definition) is 2. The number of rotatable bonds is 0. The van der Waals surface area contributed by atoms with E-state index in [2.05, 4.69) is 0 Å². The van der Waals surface area contributed by atoms with Gasteiger partial charge in [0, 0.05) is 0 Å². The molecule has 1 fully saturated rings. The first-order valence-electron chi connectivity index (χ1n) is 4.20. The van der Waals surface area contributed by atoms with E-state index in [-0.39, 0.29) is 6.04 Å². The highest BCUT2D eigenvalue weighted by Crippen LogP contribution is 2.38. The Labute approximate surface area is 73.3 Å². The van der Waals surface area contributed by atoms with Crippen LogP contribution in [0.1, 0.15) is 34.6 Å². The average molecular weight is 174 g/mol. The third-order valence-corrected chi connectivity index (χ3v) is 3.01. The molecule has 0 amide bonds. The van der Waals surface area contributed by atoms with Crippen molar-refractivity contribution in [2.75, 3.05) is 0 Å². The molecule has 0 aromatic carbocycles. The van der Waals surface area contributed by atoms with Crippen molar-refractivity contribution in [3.8, 4) is 0 Å². The van der Waals surface area contributed by atoms with Crippen LogP contribution in [0.2, 0.25) is 0 Å². The van der Waals surface area contributed by atoms with Crippen molar-refractivity contribution in [2.24, 2.45) is 0 Å². The van der Waals surface area contributed by atoms with Crippen LogP contribution in [0.3, 0.4) is 0 Å². The van der Waals surface area contributed by atoms with Crippen molar-refractivity contribution in [1.82, 2.24) is 10.1 Å². The molecule has 0 saturated carbocycles. The topological polar surface area (TPSA) is 46.9 Å². The molecule has 0 radical (unpaired) electrons. The summed E-state index contributed by atoms with van der Waals surface area (Å²) in [4.78, 5) is 0. The van der Waals surface area contributed by atoms with E-state index in [1.807, 2.05) is 20.8 Å². The van der Waals surface area contributed by atoms with Crippen LogP contribution in [0.25, 0.3) is 0 Å². The standard InChI is InChI=1S/C8H18N2O2/c1-6-7(2,3)10(12)8(4,5)9(6)11/h6,11-12H,1-5H3/t6-/m0/s1. The van der Waals surface area contributed by atoms with Crippen molar-refractivity contribution >= 4 is 0 Å². The first-order valence-corrected chi connectivity index (χ1v) is 4.20. The van der Waals surface area contributed by atoms with Crippen molar-refractivity contribution < 1.29 is 10.4 Å². The maximum atomic E-state index is 9.76. The molecule has 72 valence electrons. The minimum atomic E-state index is -0.705. The van der Waals surface area contributed by atoms with Gasteiger partial charge in [-0.25, -0.2) is 0 Å². The van der Waals surface area contributed by atoms with Gasteiger partial charge in [-0.1, -0.05) is 0 Å². The highest BCUT2D eigenvalue weighted by Gasteiger charge is 2.54. The molecule has 1 aliphatic rings. The molecule has 4 nitrogen and oxygen atoms in total. The second-order valence-electron chi connectivity index (χ2n) is 4.48. The molecule has 1 aliphatic heterocycles. The summed E-state index contributed by atoms with van der Waals surface area (Å²) in [6.45, 7) is 9.24. The van der Waals surface area contributed by atoms with Gasteiger partial charge in [0.25, 0.3) is 0 Å². The fourth-order valence-corrected chi connectivity index (χ4v) is 1.75. The Hall–Kier alpha value is -0.160. The van der Waals surface area contributed by atoms with Gasteiger partial charge in [-0.15, -0.1) is 0 Å². The summed E-state index contributed by atoms with van der Waals surface area (Å²) in [7, 11) is 0. The lowest BCUT2D eigenvalue weighted by molar-refractivity contribution is -0.259. The summed E-state index contributed by atoms with van der Waals surface area (Å²) in [6.07, 6.45) is 0. The molecule has 1 saturated heterocycles. The van der Waals surface area contributed by atoms with E-state index in [1.165, 1.54) is 10.1 Å². The van der Waals surface area contributed by atoms with Gasteiger partial charge in [-0.2, -0.15) is 10.1 Å². The maximum absolute atomic E-state index is 9.76. The number of hydroxylamine groups is 4. The zero-order valence-corrected chi connectivity index (χ0v) is 8.37. The van der Waals surface area contributed by atoms with Gasteiger partial charge >= 0.3 is 0 Å². The lowest BCUT2D eigenvalue weighted by atomic mass is 9.98. The van der Waals surface area contributed by atoms with Crippen LogP contribution in [0.4, 0.5) is 0 Å². The first kappa shape index (κ1) is 9.92. The van der Waals surface area contributed by atoms with Gasteiger partial charge in [0.15, 0.2) is 0 Å². The van der Waals surface area contributed by atoms with Crippen molar-refractivity contribution in [3.63, 3.8) is 0 Å². The summed E-state index contributed by atoms with van der Waals surface area (Å²) in [5.41, 5.74) is -1.12. The molecular weight excluding hydrogens is 156 g/mol. The minimum Gasteiger partial charge on any atom is -0.312 e. The molecular formula is C8H18N2O2. The van der Waals surface area contributed by atoms with Gasteiger partial charge in [-0.05, 0) is 34.6 Å². The fraction of sp³-hybridized carbons (Fsp3) is 1.00. The van der Waals surface area contributed by atoms with Crippen LogP contribution in [0.5, 0.6) is 0 Å². The van der Waals surface area contributed by atoms with Gasteiger partial charge in [0.2, 0.25) is 0 Å². The third-order valence-electron chi connectivity index (χ3n) is 3.01. The van der Waals surface area contributed by atoms with Crippen molar-refractivity contribution in [3.05, 3.63) is 0 Å². The van der Waals surface area contributed by atoms with E-state index >= 15 is 0 Å². The summed E-state index contributed by atoms with van der Waals surface area (Å²) in [6, 6.07) is -0.0856. The quantitative estimate of drug-likeness (QED) is 0.581. The van der Waals surface area contributed by atoms with Gasteiger partial charge in [-0.3, -0.25) is 0 Å². The third kappa shape index (κ3) is 0.992. The first-order chi connectivity index (χ1) is 5.22. The molecule has 1 heterocycles. The maximum Gasteiger partial charge on any atom is 0.116 e. The molecule has 0 aliphatic carbocycles. The largest absolute Gasteiger partial charge is 0.312 e. The molecule has 0 spiro atoms. The zero-order valence-electron chi connectivity index (χ0n) is 8.37. The Balaban J connectivity index is 3.03. The van der Waals surface area contributed by atoms with E-state index in [4.69, 9.17) is 0 Å². The molecule has 0 bridgehead atoms. The Kier molecular flexibility index (Phi) is 2.00. The molecule has 2 N–H and O–H groups in total. The SMILES string of the molecule is C[C@@H]1N(O)C(C)(C)N(O)C1(C)C. The Morgan fingerprint density at radius 3 is 1.58 bits per heavy atom. The predicted octanol–water partition coefficient (Wildman–Crippen LogP) is 1.29. The molecule has 12 heavy (non-hydrogen) atoms.